The third-order valence-corrected chi connectivity index (χ3v) is 2.40. The number of nitrogens with one attached hydrogen (secondary N) is 1. The summed E-state index contributed by atoms with van der Waals surface area (Å²) in [5.74, 6) is -0.410. The van der Waals surface area contributed by atoms with Gasteiger partial charge in [0.2, 0.25) is 0 Å². The minimum Gasteiger partial charge on any atom is -0.466 e. The molecule has 5 nitrogen and oxygen atoms in total. The maximum atomic E-state index is 11.6. The van der Waals surface area contributed by atoms with E-state index in [-0.39, 0.29) is 0 Å². The Morgan fingerprint density at radius 2 is 2.00 bits per heavy atom. The van der Waals surface area contributed by atoms with Crippen molar-refractivity contribution >= 4 is 18.1 Å². The Morgan fingerprint density at radius 3 is 2.62 bits per heavy atom. The lowest BCUT2D eigenvalue weighted by molar-refractivity contribution is -0.134. The van der Waals surface area contributed by atoms with Gasteiger partial charge in [0, 0.05) is 12.6 Å². The lowest BCUT2D eigenvalue weighted by Gasteiger charge is -2.19. The summed E-state index contributed by atoms with van der Waals surface area (Å²) in [6.07, 6.45) is 2.54. The highest BCUT2D eigenvalue weighted by Crippen LogP contribution is 2.09. The van der Waals surface area contributed by atoms with E-state index >= 15 is 0 Å². The average Bonchev–Trinajstić information content (AvgIpc) is 2.41. The number of carbonyl (C=O) groups is 2. The highest BCUT2D eigenvalue weighted by molar-refractivity contribution is 5.86. The van der Waals surface area contributed by atoms with Gasteiger partial charge in [-0.3, -0.25) is 0 Å². The Bertz CT molecular complexity index is 529. The van der Waals surface area contributed by atoms with Crippen molar-refractivity contribution in [1.82, 2.24) is 5.32 Å². The quantitative estimate of drug-likeness (QED) is 0.684. The molecule has 1 aromatic rings. The van der Waals surface area contributed by atoms with Crippen LogP contribution in [0, 0.1) is 0 Å². The van der Waals surface area contributed by atoms with E-state index in [1.54, 1.807) is 6.08 Å². The van der Waals surface area contributed by atoms with E-state index in [0.717, 1.165) is 11.1 Å². The van der Waals surface area contributed by atoms with Crippen LogP contribution in [0.15, 0.2) is 30.3 Å². The van der Waals surface area contributed by atoms with Gasteiger partial charge < -0.3 is 14.8 Å². The van der Waals surface area contributed by atoms with Gasteiger partial charge in [0.1, 0.15) is 5.60 Å². The zero-order chi connectivity index (χ0) is 15.9. The number of rotatable bonds is 4. The molecule has 0 fully saturated rings. The van der Waals surface area contributed by atoms with Crippen molar-refractivity contribution in [3.63, 3.8) is 0 Å². The van der Waals surface area contributed by atoms with Crippen molar-refractivity contribution in [3.8, 4) is 0 Å². The average molecular weight is 291 g/mol. The lowest BCUT2D eigenvalue weighted by Crippen LogP contribution is -2.32. The van der Waals surface area contributed by atoms with E-state index in [4.69, 9.17) is 4.74 Å². The first-order valence-electron chi connectivity index (χ1n) is 6.62. The second-order valence-electron chi connectivity index (χ2n) is 5.46. The van der Waals surface area contributed by atoms with Crippen molar-refractivity contribution < 1.29 is 19.1 Å². The van der Waals surface area contributed by atoms with Gasteiger partial charge in [0.25, 0.3) is 0 Å². The summed E-state index contributed by atoms with van der Waals surface area (Å²) >= 11 is 0. The molecule has 0 atom stereocenters. The molecule has 0 saturated carbocycles. The topological polar surface area (TPSA) is 64.6 Å². The Balaban J connectivity index is 2.59. The number of alkyl carbamates (subject to hydrolysis) is 1. The predicted octanol–water partition coefficient (Wildman–Crippen LogP) is 2.90. The van der Waals surface area contributed by atoms with E-state index in [0.29, 0.717) is 6.54 Å². The Hall–Kier alpha value is -2.30. The Labute approximate surface area is 124 Å². The molecule has 0 aliphatic heterocycles. The van der Waals surface area contributed by atoms with Gasteiger partial charge in [0.05, 0.1) is 7.11 Å². The van der Waals surface area contributed by atoms with Gasteiger partial charge in [0.15, 0.2) is 0 Å². The smallest absolute Gasteiger partial charge is 0.407 e. The summed E-state index contributed by atoms with van der Waals surface area (Å²) in [5.41, 5.74) is 1.24. The molecule has 1 aromatic carbocycles. The van der Waals surface area contributed by atoms with Crippen LogP contribution in [-0.2, 0) is 20.8 Å². The highest BCUT2D eigenvalue weighted by Gasteiger charge is 2.15. The van der Waals surface area contributed by atoms with Gasteiger partial charge in [-0.15, -0.1) is 0 Å². The number of ether oxygens (including phenoxy) is 2. The zero-order valence-corrected chi connectivity index (χ0v) is 12.8. The van der Waals surface area contributed by atoms with Crippen LogP contribution in [0.1, 0.15) is 31.9 Å². The monoisotopic (exact) mass is 291 g/mol. The molecule has 0 aliphatic carbocycles. The molecule has 0 radical (unpaired) electrons. The number of carbonyl (C=O) groups excluding carboxylic acids is 2. The van der Waals surface area contributed by atoms with E-state index in [2.05, 4.69) is 10.1 Å². The third-order valence-electron chi connectivity index (χ3n) is 2.40. The molecule has 114 valence electrons. The van der Waals surface area contributed by atoms with Crippen LogP contribution in [0.4, 0.5) is 4.79 Å². The van der Waals surface area contributed by atoms with Gasteiger partial charge >= 0.3 is 12.1 Å². The Kier molecular flexibility index (Phi) is 5.96. The summed E-state index contributed by atoms with van der Waals surface area (Å²) in [5, 5.41) is 2.68. The first-order chi connectivity index (χ1) is 9.80. The summed E-state index contributed by atoms with van der Waals surface area (Å²) in [6.45, 7) is 5.79. The molecule has 1 amide bonds. The molecule has 0 saturated heterocycles. The second-order valence-corrected chi connectivity index (χ2v) is 5.46. The van der Waals surface area contributed by atoms with Crippen LogP contribution >= 0.6 is 0 Å². The van der Waals surface area contributed by atoms with E-state index in [9.17, 15) is 9.59 Å². The van der Waals surface area contributed by atoms with Crippen LogP contribution in [0.3, 0.4) is 0 Å². The molecule has 21 heavy (non-hydrogen) atoms. The minimum atomic E-state index is -0.519. The lowest BCUT2D eigenvalue weighted by atomic mass is 10.1. The first-order valence-corrected chi connectivity index (χ1v) is 6.62. The molecule has 0 aliphatic rings. The molecular formula is C16H21NO4. The molecule has 5 heteroatoms. The molecule has 1 rings (SSSR count). The van der Waals surface area contributed by atoms with Crippen LogP contribution < -0.4 is 5.32 Å². The van der Waals surface area contributed by atoms with Crippen molar-refractivity contribution in [2.24, 2.45) is 0 Å². The van der Waals surface area contributed by atoms with Gasteiger partial charge in [-0.05, 0) is 44.0 Å². The summed E-state index contributed by atoms with van der Waals surface area (Å²) in [6, 6.07) is 7.46. The number of methoxy groups -OCH3 is 1. The fourth-order valence-corrected chi connectivity index (χ4v) is 1.53. The van der Waals surface area contributed by atoms with E-state index < -0.39 is 17.7 Å². The molecule has 0 heterocycles. The number of esters is 1. The number of hydrogen-bond acceptors (Lipinski definition) is 4. The van der Waals surface area contributed by atoms with Gasteiger partial charge in [-0.1, -0.05) is 18.2 Å². The van der Waals surface area contributed by atoms with Crippen molar-refractivity contribution in [2.75, 3.05) is 7.11 Å². The van der Waals surface area contributed by atoms with Crippen molar-refractivity contribution in [1.29, 1.82) is 0 Å². The summed E-state index contributed by atoms with van der Waals surface area (Å²) in [4.78, 5) is 22.6. The second kappa shape index (κ2) is 7.47. The standard InChI is InChI=1S/C16H21NO4/c1-16(2,3)21-15(19)17-11-13-7-5-6-12(10-13)8-9-14(18)20-4/h5-10H,11H2,1-4H3,(H,17,19). The highest BCUT2D eigenvalue weighted by atomic mass is 16.6. The van der Waals surface area contributed by atoms with Gasteiger partial charge in [-0.25, -0.2) is 9.59 Å². The maximum absolute atomic E-state index is 11.6. The van der Waals surface area contributed by atoms with Crippen molar-refractivity contribution in [2.45, 2.75) is 32.9 Å². The van der Waals surface area contributed by atoms with E-state index in [1.807, 2.05) is 45.0 Å². The molecule has 1 N–H and O–H groups in total. The molecule has 0 bridgehead atoms. The predicted molar refractivity (Wildman–Crippen MR) is 80.6 cm³/mol. The largest absolute Gasteiger partial charge is 0.466 e. The zero-order valence-electron chi connectivity index (χ0n) is 12.8. The maximum Gasteiger partial charge on any atom is 0.407 e. The summed E-state index contributed by atoms with van der Waals surface area (Å²) in [7, 11) is 1.33. The van der Waals surface area contributed by atoms with Crippen LogP contribution in [-0.4, -0.2) is 24.8 Å². The van der Waals surface area contributed by atoms with Crippen LogP contribution in [0.25, 0.3) is 6.08 Å². The number of benzene rings is 1. The molecule has 0 unspecified atom stereocenters. The van der Waals surface area contributed by atoms with Crippen LogP contribution in [0.2, 0.25) is 0 Å². The number of amides is 1. The summed E-state index contributed by atoms with van der Waals surface area (Å²) < 4.78 is 9.69. The fourth-order valence-electron chi connectivity index (χ4n) is 1.53. The van der Waals surface area contributed by atoms with Gasteiger partial charge in [-0.2, -0.15) is 0 Å². The van der Waals surface area contributed by atoms with E-state index in [1.165, 1.54) is 13.2 Å². The third kappa shape index (κ3) is 7.15. The SMILES string of the molecule is COC(=O)C=Cc1cccc(CNC(=O)OC(C)(C)C)c1. The molecular weight excluding hydrogens is 270 g/mol. The fraction of sp³-hybridized carbons (Fsp3) is 0.375. The molecule has 0 spiro atoms. The number of hydrogen-bond donors (Lipinski definition) is 1. The van der Waals surface area contributed by atoms with Crippen LogP contribution in [0.5, 0.6) is 0 Å². The minimum absolute atomic E-state index is 0.356. The molecule has 0 aromatic heterocycles. The normalized spacial score (nSPS) is 11.2. The Morgan fingerprint density at radius 1 is 1.29 bits per heavy atom. The first kappa shape index (κ1) is 16.8. The van der Waals surface area contributed by atoms with Crippen molar-refractivity contribution in [3.05, 3.63) is 41.5 Å².